The monoisotopic (exact) mass is 455 g/mol. The fourth-order valence-corrected chi connectivity index (χ4v) is 3.05. The first-order chi connectivity index (χ1) is 12.4. The van der Waals surface area contributed by atoms with E-state index >= 15 is 0 Å². The zero-order valence-corrected chi connectivity index (χ0v) is 17.4. The predicted molar refractivity (Wildman–Crippen MR) is 118 cm³/mol. The van der Waals surface area contributed by atoms with Gasteiger partial charge in [-0.05, 0) is 70.0 Å². The lowest BCUT2D eigenvalue weighted by Crippen LogP contribution is -2.10. The third-order valence-corrected chi connectivity index (χ3v) is 4.97. The molecule has 3 heteroatoms. The van der Waals surface area contributed by atoms with Gasteiger partial charge in [-0.3, -0.25) is 4.99 Å². The van der Waals surface area contributed by atoms with Crippen LogP contribution < -0.4 is 4.74 Å². The number of nitrogens with zero attached hydrogens (tertiary/aromatic N) is 1. The van der Waals surface area contributed by atoms with E-state index in [4.69, 9.17) is 4.74 Å². The molecule has 132 valence electrons. The Bertz CT molecular complexity index is 908. The van der Waals surface area contributed by atoms with E-state index in [0.29, 0.717) is 0 Å². The van der Waals surface area contributed by atoms with Crippen LogP contribution in [0.3, 0.4) is 0 Å². The lowest BCUT2D eigenvalue weighted by Gasteiger charge is -2.19. The first-order valence-electron chi connectivity index (χ1n) is 8.59. The van der Waals surface area contributed by atoms with E-state index in [1.165, 1.54) is 5.56 Å². The Kier molecular flexibility index (Phi) is 5.77. The van der Waals surface area contributed by atoms with Crippen LogP contribution in [0.25, 0.3) is 0 Å². The number of aliphatic imine (C=N–C) groups is 1. The molecule has 2 nitrogen and oxygen atoms in total. The van der Waals surface area contributed by atoms with Crippen molar-refractivity contribution in [3.05, 3.63) is 87.5 Å². The van der Waals surface area contributed by atoms with Gasteiger partial charge in [-0.2, -0.15) is 0 Å². The molecule has 0 saturated heterocycles. The molecule has 3 aromatic carbocycles. The molecule has 0 unspecified atom stereocenters. The lowest BCUT2D eigenvalue weighted by molar-refractivity contribution is 0.480. The molecule has 0 aliphatic heterocycles. The van der Waals surface area contributed by atoms with E-state index in [1.807, 2.05) is 66.9 Å². The summed E-state index contributed by atoms with van der Waals surface area (Å²) in [6, 6.07) is 24.3. The van der Waals surface area contributed by atoms with Gasteiger partial charge in [-0.1, -0.05) is 57.2 Å². The predicted octanol–water partition coefficient (Wildman–Crippen LogP) is 7.13. The van der Waals surface area contributed by atoms with Crippen LogP contribution in [0.2, 0.25) is 0 Å². The SMILES string of the molecule is CC(C)(C)c1ccc(Oc2ccccc2C=Nc2ccccc2I)cc1. The minimum absolute atomic E-state index is 0.135. The second kappa shape index (κ2) is 8.04. The third kappa shape index (κ3) is 4.73. The Balaban J connectivity index is 1.82. The van der Waals surface area contributed by atoms with Gasteiger partial charge < -0.3 is 4.74 Å². The van der Waals surface area contributed by atoms with Crippen molar-refractivity contribution in [1.29, 1.82) is 0 Å². The number of benzene rings is 3. The summed E-state index contributed by atoms with van der Waals surface area (Å²) in [7, 11) is 0. The van der Waals surface area contributed by atoms with Crippen LogP contribution in [0.15, 0.2) is 77.8 Å². The topological polar surface area (TPSA) is 21.6 Å². The van der Waals surface area contributed by atoms with Crippen molar-refractivity contribution < 1.29 is 4.74 Å². The molecule has 0 aromatic heterocycles. The molecule has 0 aliphatic rings. The van der Waals surface area contributed by atoms with Gasteiger partial charge in [0.25, 0.3) is 0 Å². The van der Waals surface area contributed by atoms with Crippen LogP contribution in [-0.4, -0.2) is 6.21 Å². The number of hydrogen-bond acceptors (Lipinski definition) is 2. The van der Waals surface area contributed by atoms with Crippen molar-refractivity contribution in [2.75, 3.05) is 0 Å². The summed E-state index contributed by atoms with van der Waals surface area (Å²) in [5, 5.41) is 0. The molecule has 3 rings (SSSR count). The van der Waals surface area contributed by atoms with Gasteiger partial charge in [0.15, 0.2) is 0 Å². The molecule has 0 aliphatic carbocycles. The Labute approximate surface area is 169 Å². The molecule has 3 aromatic rings. The van der Waals surface area contributed by atoms with E-state index in [0.717, 1.165) is 26.3 Å². The zero-order chi connectivity index (χ0) is 18.6. The maximum Gasteiger partial charge on any atom is 0.136 e. The summed E-state index contributed by atoms with van der Waals surface area (Å²) in [5.41, 5.74) is 3.33. The van der Waals surface area contributed by atoms with Gasteiger partial charge in [-0.15, -0.1) is 0 Å². The van der Waals surface area contributed by atoms with Crippen molar-refractivity contribution in [2.24, 2.45) is 4.99 Å². The number of ether oxygens (including phenoxy) is 1. The van der Waals surface area contributed by atoms with E-state index < -0.39 is 0 Å². The fraction of sp³-hybridized carbons (Fsp3) is 0.174. The maximum absolute atomic E-state index is 6.10. The largest absolute Gasteiger partial charge is 0.457 e. The van der Waals surface area contributed by atoms with Gasteiger partial charge in [0.1, 0.15) is 11.5 Å². The maximum atomic E-state index is 6.10. The number of rotatable bonds is 4. The zero-order valence-electron chi connectivity index (χ0n) is 15.2. The van der Waals surface area contributed by atoms with Crippen LogP contribution in [0.1, 0.15) is 31.9 Å². The van der Waals surface area contributed by atoms with Crippen LogP contribution in [-0.2, 0) is 5.41 Å². The van der Waals surface area contributed by atoms with E-state index in [-0.39, 0.29) is 5.41 Å². The summed E-state index contributed by atoms with van der Waals surface area (Å²) >= 11 is 2.29. The Morgan fingerprint density at radius 3 is 2.19 bits per heavy atom. The standard InChI is InChI=1S/C23H22INO/c1-23(2,3)18-12-14-19(15-13-18)26-22-11-7-4-8-17(22)16-25-21-10-6-5-9-20(21)24/h4-16H,1-3H3. The van der Waals surface area contributed by atoms with Crippen LogP contribution in [0.5, 0.6) is 11.5 Å². The minimum Gasteiger partial charge on any atom is -0.457 e. The van der Waals surface area contributed by atoms with E-state index in [9.17, 15) is 0 Å². The van der Waals surface area contributed by atoms with Crippen molar-refractivity contribution in [2.45, 2.75) is 26.2 Å². The van der Waals surface area contributed by atoms with Gasteiger partial charge >= 0.3 is 0 Å². The molecule has 0 atom stereocenters. The van der Waals surface area contributed by atoms with Crippen LogP contribution >= 0.6 is 22.6 Å². The van der Waals surface area contributed by atoms with Crippen molar-refractivity contribution >= 4 is 34.5 Å². The van der Waals surface area contributed by atoms with E-state index in [1.54, 1.807) is 0 Å². The number of hydrogen-bond donors (Lipinski definition) is 0. The van der Waals surface area contributed by atoms with Crippen LogP contribution in [0, 0.1) is 3.57 Å². The highest BCUT2D eigenvalue weighted by molar-refractivity contribution is 14.1. The molecule has 0 bridgehead atoms. The molecule has 0 heterocycles. The van der Waals surface area contributed by atoms with Crippen LogP contribution in [0.4, 0.5) is 5.69 Å². The smallest absolute Gasteiger partial charge is 0.136 e. The Morgan fingerprint density at radius 2 is 1.50 bits per heavy atom. The molecule has 0 fully saturated rings. The fourth-order valence-electron chi connectivity index (χ4n) is 2.53. The van der Waals surface area contributed by atoms with Gasteiger partial charge in [0.05, 0.1) is 5.69 Å². The summed E-state index contributed by atoms with van der Waals surface area (Å²) in [6.45, 7) is 6.62. The first kappa shape index (κ1) is 18.6. The highest BCUT2D eigenvalue weighted by Crippen LogP contribution is 2.28. The average Bonchev–Trinajstić information content (AvgIpc) is 2.62. The Hall–Kier alpha value is -2.14. The summed E-state index contributed by atoms with van der Waals surface area (Å²) in [4.78, 5) is 4.61. The van der Waals surface area contributed by atoms with Gasteiger partial charge in [0, 0.05) is 15.3 Å². The van der Waals surface area contributed by atoms with Gasteiger partial charge in [-0.25, -0.2) is 0 Å². The molecule has 0 amide bonds. The minimum atomic E-state index is 0.135. The van der Waals surface area contributed by atoms with Crippen molar-refractivity contribution in [3.63, 3.8) is 0 Å². The number of para-hydroxylation sites is 2. The highest BCUT2D eigenvalue weighted by atomic mass is 127. The lowest BCUT2D eigenvalue weighted by atomic mass is 9.87. The Morgan fingerprint density at radius 1 is 0.846 bits per heavy atom. The first-order valence-corrected chi connectivity index (χ1v) is 9.67. The van der Waals surface area contributed by atoms with Crippen molar-refractivity contribution in [3.8, 4) is 11.5 Å². The molecule has 0 spiro atoms. The molecule has 0 saturated carbocycles. The summed E-state index contributed by atoms with van der Waals surface area (Å²) in [5.74, 6) is 1.62. The second-order valence-electron chi connectivity index (χ2n) is 7.12. The summed E-state index contributed by atoms with van der Waals surface area (Å²) in [6.07, 6.45) is 1.86. The highest BCUT2D eigenvalue weighted by Gasteiger charge is 2.13. The van der Waals surface area contributed by atoms with E-state index in [2.05, 4.69) is 60.5 Å². The number of halogens is 1. The second-order valence-corrected chi connectivity index (χ2v) is 8.29. The normalized spacial score (nSPS) is 11.7. The quantitative estimate of drug-likeness (QED) is 0.303. The molecule has 0 radical (unpaired) electrons. The molecule has 0 N–H and O–H groups in total. The van der Waals surface area contributed by atoms with Gasteiger partial charge in [0.2, 0.25) is 0 Å². The van der Waals surface area contributed by atoms with Crippen molar-refractivity contribution in [1.82, 2.24) is 0 Å². The summed E-state index contributed by atoms with van der Waals surface area (Å²) < 4.78 is 7.23. The molecule has 26 heavy (non-hydrogen) atoms. The molecular weight excluding hydrogens is 433 g/mol. The average molecular weight is 455 g/mol. The third-order valence-electron chi connectivity index (χ3n) is 4.06. The molecular formula is C23H22INO.